The highest BCUT2D eigenvalue weighted by Crippen LogP contribution is 2.27. The molecule has 0 aliphatic carbocycles. The van der Waals surface area contributed by atoms with Crippen LogP contribution in [0.2, 0.25) is 10.0 Å². The number of aryl methyl sites for hydroxylation is 2. The highest BCUT2D eigenvalue weighted by molar-refractivity contribution is 6.36. The molecule has 0 saturated carbocycles. The zero-order valence-electron chi connectivity index (χ0n) is 13.1. The third-order valence-corrected chi connectivity index (χ3v) is 3.78. The van der Waals surface area contributed by atoms with Gasteiger partial charge in [-0.2, -0.15) is 10.1 Å². The molecule has 5 nitrogen and oxygen atoms in total. The second-order valence-electron chi connectivity index (χ2n) is 5.42. The van der Waals surface area contributed by atoms with Crippen LogP contribution in [-0.4, -0.2) is 15.2 Å². The maximum absolute atomic E-state index is 6.16. The van der Waals surface area contributed by atoms with Gasteiger partial charge in [-0.1, -0.05) is 29.3 Å². The van der Waals surface area contributed by atoms with Crippen molar-refractivity contribution >= 4 is 46.3 Å². The molecule has 3 aromatic rings. The Hall–Kier alpha value is -2.37. The van der Waals surface area contributed by atoms with Crippen molar-refractivity contribution in [2.45, 2.75) is 13.8 Å². The minimum atomic E-state index is 0.398. The van der Waals surface area contributed by atoms with Crippen LogP contribution in [0.1, 0.15) is 11.1 Å². The van der Waals surface area contributed by atoms with Crippen molar-refractivity contribution in [1.82, 2.24) is 15.2 Å². The summed E-state index contributed by atoms with van der Waals surface area (Å²) < 4.78 is 0. The number of hydrogen-bond donors (Lipinski definition) is 2. The van der Waals surface area contributed by atoms with E-state index in [4.69, 9.17) is 23.2 Å². The van der Waals surface area contributed by atoms with Gasteiger partial charge in [-0.15, -0.1) is 5.10 Å². The number of nitrogens with one attached hydrogen (secondary N) is 2. The van der Waals surface area contributed by atoms with Crippen molar-refractivity contribution in [2.24, 2.45) is 0 Å². The van der Waals surface area contributed by atoms with E-state index in [-0.39, 0.29) is 0 Å². The SMILES string of the molecule is Cc1cc(C)cc(Nc2nncc(Nc3ccc(Cl)cc3Cl)n2)c1. The number of rotatable bonds is 4. The van der Waals surface area contributed by atoms with E-state index in [2.05, 4.69) is 31.9 Å². The molecule has 2 aromatic carbocycles. The van der Waals surface area contributed by atoms with Gasteiger partial charge in [0.05, 0.1) is 16.9 Å². The summed E-state index contributed by atoms with van der Waals surface area (Å²) in [6.07, 6.45) is 1.53. The molecule has 1 heterocycles. The minimum Gasteiger partial charge on any atom is -0.338 e. The molecule has 24 heavy (non-hydrogen) atoms. The van der Waals surface area contributed by atoms with Crippen LogP contribution >= 0.6 is 23.2 Å². The predicted octanol–water partition coefficient (Wildman–Crippen LogP) is 5.28. The summed E-state index contributed by atoms with van der Waals surface area (Å²) >= 11 is 12.1. The first-order chi connectivity index (χ1) is 11.5. The molecule has 0 spiro atoms. The van der Waals surface area contributed by atoms with Crippen LogP contribution in [0.25, 0.3) is 0 Å². The van der Waals surface area contributed by atoms with Crippen molar-refractivity contribution in [1.29, 1.82) is 0 Å². The zero-order chi connectivity index (χ0) is 17.1. The summed E-state index contributed by atoms with van der Waals surface area (Å²) in [5.74, 6) is 0.927. The number of anilines is 4. The van der Waals surface area contributed by atoms with Crippen molar-refractivity contribution in [2.75, 3.05) is 10.6 Å². The second-order valence-corrected chi connectivity index (χ2v) is 6.26. The largest absolute Gasteiger partial charge is 0.338 e. The Morgan fingerprint density at radius 3 is 2.38 bits per heavy atom. The van der Waals surface area contributed by atoms with E-state index >= 15 is 0 Å². The van der Waals surface area contributed by atoms with Crippen LogP contribution in [0.3, 0.4) is 0 Å². The van der Waals surface area contributed by atoms with Gasteiger partial charge in [0.25, 0.3) is 0 Å². The summed E-state index contributed by atoms with van der Waals surface area (Å²) in [6, 6.07) is 11.3. The molecule has 0 bridgehead atoms. The molecule has 0 atom stereocenters. The van der Waals surface area contributed by atoms with Crippen LogP contribution in [0, 0.1) is 13.8 Å². The molecule has 122 valence electrons. The molecule has 0 unspecified atom stereocenters. The highest BCUT2D eigenvalue weighted by Gasteiger charge is 2.06. The molecule has 1 aromatic heterocycles. The van der Waals surface area contributed by atoms with Crippen molar-refractivity contribution in [3.05, 3.63) is 63.8 Å². The lowest BCUT2D eigenvalue weighted by molar-refractivity contribution is 0.982. The lowest BCUT2D eigenvalue weighted by atomic mass is 10.1. The summed E-state index contributed by atoms with van der Waals surface area (Å²) in [6.45, 7) is 4.08. The Balaban J connectivity index is 1.81. The van der Waals surface area contributed by atoms with E-state index in [0.717, 1.165) is 16.8 Å². The number of aromatic nitrogens is 3. The van der Waals surface area contributed by atoms with E-state index < -0.39 is 0 Å². The Kier molecular flexibility index (Phi) is 4.83. The fraction of sp³-hybridized carbons (Fsp3) is 0.118. The van der Waals surface area contributed by atoms with Gasteiger partial charge in [0.1, 0.15) is 0 Å². The lowest BCUT2D eigenvalue weighted by Crippen LogP contribution is -2.03. The van der Waals surface area contributed by atoms with E-state index in [1.54, 1.807) is 18.2 Å². The number of hydrogen-bond acceptors (Lipinski definition) is 5. The number of halogens is 2. The Bertz CT molecular complexity index is 862. The summed E-state index contributed by atoms with van der Waals surface area (Å²) in [5.41, 5.74) is 3.93. The van der Waals surface area contributed by atoms with E-state index in [9.17, 15) is 0 Å². The first-order valence-electron chi connectivity index (χ1n) is 7.27. The van der Waals surface area contributed by atoms with Gasteiger partial charge in [0.15, 0.2) is 5.82 Å². The number of benzene rings is 2. The van der Waals surface area contributed by atoms with Gasteiger partial charge in [-0.25, -0.2) is 0 Å². The van der Waals surface area contributed by atoms with Gasteiger partial charge in [-0.3, -0.25) is 0 Å². The highest BCUT2D eigenvalue weighted by atomic mass is 35.5. The Morgan fingerprint density at radius 2 is 1.67 bits per heavy atom. The second kappa shape index (κ2) is 7.03. The molecule has 3 rings (SSSR count). The molecule has 0 saturated heterocycles. The zero-order valence-corrected chi connectivity index (χ0v) is 14.7. The molecule has 7 heteroatoms. The maximum Gasteiger partial charge on any atom is 0.249 e. The van der Waals surface area contributed by atoms with Crippen LogP contribution in [-0.2, 0) is 0 Å². The fourth-order valence-corrected chi connectivity index (χ4v) is 2.78. The Morgan fingerprint density at radius 1 is 0.917 bits per heavy atom. The molecule has 0 aliphatic rings. The summed E-state index contributed by atoms with van der Waals surface area (Å²) in [7, 11) is 0. The molecule has 0 fully saturated rings. The first-order valence-corrected chi connectivity index (χ1v) is 8.02. The summed E-state index contributed by atoms with van der Waals surface area (Å²) in [4.78, 5) is 4.40. The quantitative estimate of drug-likeness (QED) is 0.663. The third kappa shape index (κ3) is 4.13. The van der Waals surface area contributed by atoms with Crippen LogP contribution < -0.4 is 10.6 Å². The van der Waals surface area contributed by atoms with Gasteiger partial charge in [0, 0.05) is 10.7 Å². The van der Waals surface area contributed by atoms with Crippen molar-refractivity contribution < 1.29 is 0 Å². The Labute approximate surface area is 150 Å². The van der Waals surface area contributed by atoms with Crippen molar-refractivity contribution in [3.63, 3.8) is 0 Å². The molecule has 2 N–H and O–H groups in total. The summed E-state index contributed by atoms with van der Waals surface area (Å²) in [5, 5.41) is 15.3. The molecule has 0 amide bonds. The molecular formula is C17H15Cl2N5. The first kappa shape index (κ1) is 16.5. The fourth-order valence-electron chi connectivity index (χ4n) is 2.32. The van der Waals surface area contributed by atoms with Crippen LogP contribution in [0.15, 0.2) is 42.6 Å². The number of nitrogens with zero attached hydrogens (tertiary/aromatic N) is 3. The van der Waals surface area contributed by atoms with Gasteiger partial charge < -0.3 is 10.6 Å². The van der Waals surface area contributed by atoms with Crippen molar-refractivity contribution in [3.8, 4) is 0 Å². The van der Waals surface area contributed by atoms with E-state index in [1.165, 1.54) is 6.20 Å². The van der Waals surface area contributed by atoms with E-state index in [0.29, 0.717) is 27.5 Å². The monoisotopic (exact) mass is 359 g/mol. The lowest BCUT2D eigenvalue weighted by Gasteiger charge is -2.10. The molecular weight excluding hydrogens is 345 g/mol. The van der Waals surface area contributed by atoms with E-state index in [1.807, 2.05) is 26.0 Å². The minimum absolute atomic E-state index is 0.398. The molecule has 0 radical (unpaired) electrons. The van der Waals surface area contributed by atoms with Gasteiger partial charge >= 0.3 is 0 Å². The van der Waals surface area contributed by atoms with Gasteiger partial charge in [0.2, 0.25) is 5.95 Å². The van der Waals surface area contributed by atoms with Crippen LogP contribution in [0.4, 0.5) is 23.1 Å². The topological polar surface area (TPSA) is 62.7 Å². The third-order valence-electron chi connectivity index (χ3n) is 3.23. The maximum atomic E-state index is 6.16. The standard InChI is InChI=1S/C17H15Cl2N5/c1-10-5-11(2)7-13(6-10)21-17-23-16(9-20-24-17)22-15-4-3-12(18)8-14(15)19/h3-9H,1-2H3,(H2,21,22,23,24). The van der Waals surface area contributed by atoms with Crippen LogP contribution in [0.5, 0.6) is 0 Å². The van der Waals surface area contributed by atoms with Gasteiger partial charge in [-0.05, 0) is 55.3 Å². The average molecular weight is 360 g/mol. The average Bonchev–Trinajstić information content (AvgIpc) is 2.49. The smallest absolute Gasteiger partial charge is 0.249 e. The normalized spacial score (nSPS) is 10.5. The predicted molar refractivity (Wildman–Crippen MR) is 98.8 cm³/mol. The molecule has 0 aliphatic heterocycles.